The standard InChI is InChI=1S/C13H9Cl3O/c1-17-13-8(4-2-7-11(13)16)12-9(14)5-3-6-10(12)15/h2-7H,1H3. The van der Waals surface area contributed by atoms with E-state index in [9.17, 15) is 0 Å². The maximum absolute atomic E-state index is 6.16. The second-order valence-corrected chi connectivity index (χ2v) is 4.64. The van der Waals surface area contributed by atoms with E-state index in [4.69, 9.17) is 39.5 Å². The molecule has 0 aromatic heterocycles. The van der Waals surface area contributed by atoms with Gasteiger partial charge in [-0.15, -0.1) is 0 Å². The predicted octanol–water partition coefficient (Wildman–Crippen LogP) is 5.32. The zero-order valence-electron chi connectivity index (χ0n) is 9.01. The molecule has 0 fully saturated rings. The van der Waals surface area contributed by atoms with E-state index >= 15 is 0 Å². The van der Waals surface area contributed by atoms with Gasteiger partial charge in [-0.2, -0.15) is 0 Å². The highest BCUT2D eigenvalue weighted by molar-refractivity contribution is 6.39. The molecule has 0 unspecified atom stereocenters. The van der Waals surface area contributed by atoms with Crippen molar-refractivity contribution in [2.45, 2.75) is 0 Å². The van der Waals surface area contributed by atoms with Gasteiger partial charge in [-0.05, 0) is 18.2 Å². The van der Waals surface area contributed by atoms with Crippen LogP contribution in [-0.4, -0.2) is 7.11 Å². The SMILES string of the molecule is COc1c(Cl)cccc1-c1c(Cl)cccc1Cl. The number of benzene rings is 2. The normalized spacial score (nSPS) is 10.4. The fraction of sp³-hybridized carbons (Fsp3) is 0.0769. The Hall–Kier alpha value is -0.890. The van der Waals surface area contributed by atoms with Crippen LogP contribution in [-0.2, 0) is 0 Å². The molecule has 0 amide bonds. The summed E-state index contributed by atoms with van der Waals surface area (Å²) in [5.41, 5.74) is 1.52. The first-order chi connectivity index (χ1) is 8.15. The van der Waals surface area contributed by atoms with Crippen LogP contribution >= 0.6 is 34.8 Å². The molecular weight excluding hydrogens is 279 g/mol. The van der Waals surface area contributed by atoms with Crippen LogP contribution in [0, 0.1) is 0 Å². The Balaban J connectivity index is 2.73. The first kappa shape index (κ1) is 12.6. The lowest BCUT2D eigenvalue weighted by molar-refractivity contribution is 0.416. The topological polar surface area (TPSA) is 9.23 Å². The van der Waals surface area contributed by atoms with Crippen LogP contribution in [0.5, 0.6) is 5.75 Å². The van der Waals surface area contributed by atoms with Crippen molar-refractivity contribution in [2.24, 2.45) is 0 Å². The third-order valence-corrected chi connectivity index (χ3v) is 3.33. The largest absolute Gasteiger partial charge is 0.495 e. The van der Waals surface area contributed by atoms with Crippen molar-refractivity contribution >= 4 is 34.8 Å². The fourth-order valence-electron chi connectivity index (χ4n) is 1.67. The molecular formula is C13H9Cl3O. The van der Waals surface area contributed by atoms with E-state index in [1.807, 2.05) is 12.1 Å². The van der Waals surface area contributed by atoms with Crippen LogP contribution < -0.4 is 4.74 Å². The Labute approximate surface area is 115 Å². The fourth-order valence-corrected chi connectivity index (χ4v) is 2.52. The minimum absolute atomic E-state index is 0.529. The molecule has 0 atom stereocenters. The highest BCUT2D eigenvalue weighted by Gasteiger charge is 2.14. The Kier molecular flexibility index (Phi) is 3.82. The average molecular weight is 288 g/mol. The lowest BCUT2D eigenvalue weighted by Crippen LogP contribution is -1.90. The number of hydrogen-bond donors (Lipinski definition) is 0. The molecule has 88 valence electrons. The van der Waals surface area contributed by atoms with E-state index in [1.165, 1.54) is 0 Å². The van der Waals surface area contributed by atoms with Gasteiger partial charge in [0.05, 0.1) is 22.2 Å². The molecule has 4 heteroatoms. The average Bonchev–Trinajstić information content (AvgIpc) is 2.29. The van der Waals surface area contributed by atoms with Crippen molar-refractivity contribution in [1.29, 1.82) is 0 Å². The van der Waals surface area contributed by atoms with Gasteiger partial charge in [0, 0.05) is 11.1 Å². The smallest absolute Gasteiger partial charge is 0.145 e. The molecule has 0 saturated heterocycles. The van der Waals surface area contributed by atoms with Crippen molar-refractivity contribution < 1.29 is 4.74 Å². The van der Waals surface area contributed by atoms with Crippen molar-refractivity contribution in [2.75, 3.05) is 7.11 Å². The van der Waals surface area contributed by atoms with Gasteiger partial charge in [0.25, 0.3) is 0 Å². The van der Waals surface area contributed by atoms with E-state index in [1.54, 1.807) is 31.4 Å². The van der Waals surface area contributed by atoms with Crippen LogP contribution in [0.1, 0.15) is 0 Å². The second kappa shape index (κ2) is 5.18. The monoisotopic (exact) mass is 286 g/mol. The molecule has 0 heterocycles. The minimum Gasteiger partial charge on any atom is -0.495 e. The molecule has 0 aliphatic rings. The summed E-state index contributed by atoms with van der Waals surface area (Å²) in [4.78, 5) is 0. The lowest BCUT2D eigenvalue weighted by Gasteiger charge is -2.12. The predicted molar refractivity (Wildman–Crippen MR) is 73.5 cm³/mol. The van der Waals surface area contributed by atoms with Gasteiger partial charge < -0.3 is 4.74 Å². The van der Waals surface area contributed by atoms with Crippen LogP contribution in [0.15, 0.2) is 36.4 Å². The Morgan fingerprint density at radius 1 is 0.824 bits per heavy atom. The molecule has 0 bridgehead atoms. The van der Waals surface area contributed by atoms with Gasteiger partial charge in [0.1, 0.15) is 5.75 Å². The quantitative estimate of drug-likeness (QED) is 0.726. The first-order valence-corrected chi connectivity index (χ1v) is 6.05. The van der Waals surface area contributed by atoms with Gasteiger partial charge >= 0.3 is 0 Å². The van der Waals surface area contributed by atoms with Gasteiger partial charge in [0.2, 0.25) is 0 Å². The van der Waals surface area contributed by atoms with Gasteiger partial charge in [-0.25, -0.2) is 0 Å². The molecule has 2 aromatic carbocycles. The van der Waals surface area contributed by atoms with Crippen LogP contribution in [0.4, 0.5) is 0 Å². The molecule has 0 aliphatic heterocycles. The summed E-state index contributed by atoms with van der Waals surface area (Å²) >= 11 is 18.4. The van der Waals surface area contributed by atoms with Crippen molar-refractivity contribution in [1.82, 2.24) is 0 Å². The molecule has 17 heavy (non-hydrogen) atoms. The second-order valence-electron chi connectivity index (χ2n) is 3.42. The minimum atomic E-state index is 0.529. The highest BCUT2D eigenvalue weighted by atomic mass is 35.5. The van der Waals surface area contributed by atoms with Crippen LogP contribution in [0.25, 0.3) is 11.1 Å². The molecule has 0 saturated carbocycles. The van der Waals surface area contributed by atoms with Gasteiger partial charge in [-0.3, -0.25) is 0 Å². The number of methoxy groups -OCH3 is 1. The Morgan fingerprint density at radius 2 is 1.35 bits per heavy atom. The summed E-state index contributed by atoms with van der Waals surface area (Å²) in [5, 5.41) is 1.66. The number of hydrogen-bond acceptors (Lipinski definition) is 1. The van der Waals surface area contributed by atoms with Crippen molar-refractivity contribution in [3.8, 4) is 16.9 Å². The van der Waals surface area contributed by atoms with Crippen LogP contribution in [0.3, 0.4) is 0 Å². The summed E-state index contributed by atoms with van der Waals surface area (Å²) in [6, 6.07) is 10.8. The van der Waals surface area contributed by atoms with Gasteiger partial charge in [-0.1, -0.05) is 53.0 Å². The third kappa shape index (κ3) is 2.37. The van der Waals surface area contributed by atoms with E-state index in [0.717, 1.165) is 11.1 Å². The van der Waals surface area contributed by atoms with Gasteiger partial charge in [0.15, 0.2) is 0 Å². The lowest BCUT2D eigenvalue weighted by atomic mass is 10.0. The summed E-state index contributed by atoms with van der Waals surface area (Å²) < 4.78 is 5.29. The summed E-state index contributed by atoms with van der Waals surface area (Å²) in [6.07, 6.45) is 0. The van der Waals surface area contributed by atoms with E-state index in [0.29, 0.717) is 20.8 Å². The van der Waals surface area contributed by atoms with E-state index < -0.39 is 0 Å². The zero-order chi connectivity index (χ0) is 12.4. The number of halogens is 3. The molecule has 2 aromatic rings. The highest BCUT2D eigenvalue weighted by Crippen LogP contribution is 2.42. The summed E-state index contributed by atoms with van der Waals surface area (Å²) in [6.45, 7) is 0. The molecule has 0 aliphatic carbocycles. The Bertz CT molecular complexity index is 532. The molecule has 1 nitrogen and oxygen atoms in total. The first-order valence-electron chi connectivity index (χ1n) is 4.92. The summed E-state index contributed by atoms with van der Waals surface area (Å²) in [5.74, 6) is 0.573. The van der Waals surface area contributed by atoms with Crippen molar-refractivity contribution in [3.05, 3.63) is 51.5 Å². The van der Waals surface area contributed by atoms with Crippen molar-refractivity contribution in [3.63, 3.8) is 0 Å². The maximum atomic E-state index is 6.16. The zero-order valence-corrected chi connectivity index (χ0v) is 11.3. The van der Waals surface area contributed by atoms with E-state index in [-0.39, 0.29) is 0 Å². The van der Waals surface area contributed by atoms with Crippen LogP contribution in [0.2, 0.25) is 15.1 Å². The third-order valence-electron chi connectivity index (χ3n) is 2.40. The number of rotatable bonds is 2. The number of para-hydroxylation sites is 1. The number of ether oxygens (including phenoxy) is 1. The molecule has 0 spiro atoms. The molecule has 2 rings (SSSR count). The van der Waals surface area contributed by atoms with E-state index in [2.05, 4.69) is 0 Å². The molecule has 0 radical (unpaired) electrons. The summed E-state index contributed by atoms with van der Waals surface area (Å²) in [7, 11) is 1.56. The molecule has 0 N–H and O–H groups in total. The maximum Gasteiger partial charge on any atom is 0.145 e. The Morgan fingerprint density at radius 3 is 1.94 bits per heavy atom.